The maximum absolute atomic E-state index is 13.9. The van der Waals surface area contributed by atoms with Crippen molar-refractivity contribution in [2.24, 2.45) is 5.92 Å². The monoisotopic (exact) mass is 724 g/mol. The number of likely N-dealkylation sites (N-methyl/N-ethyl adjacent to an activating group) is 1. The molecule has 2 amide bonds. The predicted molar refractivity (Wildman–Crippen MR) is 176 cm³/mol. The molecule has 1 atom stereocenters. The third-order valence-electron chi connectivity index (χ3n) is 8.13. The number of rotatable bonds is 9. The van der Waals surface area contributed by atoms with E-state index in [2.05, 4.69) is 10.6 Å². The third kappa shape index (κ3) is 8.02. The van der Waals surface area contributed by atoms with Gasteiger partial charge in [-0.15, -0.1) is 11.3 Å². The largest absolute Gasteiger partial charge is 0.496 e. The lowest BCUT2D eigenvalue weighted by Crippen LogP contribution is -2.41. The number of nitrogens with one attached hydrogen (secondary N) is 2. The molecule has 1 aromatic heterocycles. The number of halogens is 7. The fourth-order valence-electron chi connectivity index (χ4n) is 5.73. The van der Waals surface area contributed by atoms with E-state index in [1.54, 1.807) is 37.2 Å². The number of hydrogen-bond donors (Lipinski definition) is 2. The van der Waals surface area contributed by atoms with Crippen molar-refractivity contribution in [3.05, 3.63) is 82.0 Å². The summed E-state index contributed by atoms with van der Waals surface area (Å²) in [5.41, 5.74) is -2.67. The van der Waals surface area contributed by atoms with E-state index in [1.807, 2.05) is 4.90 Å². The lowest BCUT2D eigenvalue weighted by atomic mass is 9.93. The number of benzene rings is 3. The molecule has 1 aliphatic heterocycles. The number of methoxy groups -OCH3 is 1. The van der Waals surface area contributed by atoms with Crippen molar-refractivity contribution < 1.29 is 49.9 Å². The highest BCUT2D eigenvalue weighted by atomic mass is 32.1. The Balaban J connectivity index is 1.50. The van der Waals surface area contributed by atoms with Gasteiger partial charge in [-0.3, -0.25) is 14.4 Å². The van der Waals surface area contributed by atoms with Crippen LogP contribution in [0, 0.1) is 11.7 Å². The van der Waals surface area contributed by atoms with E-state index >= 15 is 0 Å². The zero-order chi connectivity index (χ0) is 36.5. The highest BCUT2D eigenvalue weighted by Gasteiger charge is 2.35. The SMILES string of the molecule is COc1ccc(N2CCC[C@H](C(=O)CN(C)C)C2)cc1C(=O)Nc1c(C(=O)Nc2ccc(F)c(C(F)(F)F)c2)sc2cc(C(F)(F)F)ccc12. The van der Waals surface area contributed by atoms with Gasteiger partial charge in [-0.2, -0.15) is 26.3 Å². The maximum atomic E-state index is 13.9. The minimum atomic E-state index is -5.07. The van der Waals surface area contributed by atoms with Crippen LogP contribution in [0.2, 0.25) is 0 Å². The van der Waals surface area contributed by atoms with Crippen molar-refractivity contribution in [3.63, 3.8) is 0 Å². The van der Waals surface area contributed by atoms with Gasteiger partial charge in [0.25, 0.3) is 11.8 Å². The number of carbonyl (C=O) groups is 3. The Bertz CT molecular complexity index is 1940. The van der Waals surface area contributed by atoms with Crippen LogP contribution in [0.25, 0.3) is 10.1 Å². The van der Waals surface area contributed by atoms with Crippen LogP contribution in [0.15, 0.2) is 54.6 Å². The van der Waals surface area contributed by atoms with Crippen LogP contribution in [0.1, 0.15) is 44.0 Å². The number of amides is 2. The highest BCUT2D eigenvalue weighted by Crippen LogP contribution is 2.41. The molecule has 1 saturated heterocycles. The van der Waals surface area contributed by atoms with Gasteiger partial charge in [0.2, 0.25) is 0 Å². The molecular formula is C34H31F7N4O4S. The molecular weight excluding hydrogens is 693 g/mol. The molecule has 2 heterocycles. The molecule has 0 bridgehead atoms. The van der Waals surface area contributed by atoms with Gasteiger partial charge >= 0.3 is 12.4 Å². The average Bonchev–Trinajstić information content (AvgIpc) is 3.41. The number of piperidine rings is 1. The Hall–Kier alpha value is -4.70. The van der Waals surface area contributed by atoms with Gasteiger partial charge in [0.1, 0.15) is 16.4 Å². The van der Waals surface area contributed by atoms with Gasteiger partial charge in [0.05, 0.1) is 36.0 Å². The maximum Gasteiger partial charge on any atom is 0.419 e. The van der Waals surface area contributed by atoms with Gasteiger partial charge in [0, 0.05) is 40.5 Å². The molecule has 0 aliphatic carbocycles. The smallest absolute Gasteiger partial charge is 0.419 e. The van der Waals surface area contributed by atoms with Crippen molar-refractivity contribution >= 4 is 56.1 Å². The summed E-state index contributed by atoms with van der Waals surface area (Å²) >= 11 is 0.576. The summed E-state index contributed by atoms with van der Waals surface area (Å²) in [4.78, 5) is 43.6. The Morgan fingerprint density at radius 2 is 1.68 bits per heavy atom. The molecule has 8 nitrogen and oxygen atoms in total. The van der Waals surface area contributed by atoms with E-state index in [0.717, 1.165) is 30.7 Å². The van der Waals surface area contributed by atoms with E-state index in [9.17, 15) is 45.1 Å². The van der Waals surface area contributed by atoms with E-state index < -0.39 is 46.8 Å². The summed E-state index contributed by atoms with van der Waals surface area (Å²) in [6.45, 7) is 1.31. The van der Waals surface area contributed by atoms with Crippen LogP contribution in [0.5, 0.6) is 5.75 Å². The first-order valence-electron chi connectivity index (χ1n) is 15.2. The number of fused-ring (bicyclic) bond motifs is 1. The van der Waals surface area contributed by atoms with Crippen LogP contribution in [0.4, 0.5) is 47.8 Å². The zero-order valence-corrected chi connectivity index (χ0v) is 27.7. The number of ketones is 1. The van der Waals surface area contributed by atoms with E-state index in [-0.39, 0.29) is 50.2 Å². The number of carbonyl (C=O) groups excluding carboxylic acids is 3. The molecule has 2 N–H and O–H groups in total. The second kappa shape index (κ2) is 14.3. The first-order chi connectivity index (χ1) is 23.5. The predicted octanol–water partition coefficient (Wildman–Crippen LogP) is 7.94. The van der Waals surface area contributed by atoms with Crippen molar-refractivity contribution in [2.45, 2.75) is 25.2 Å². The molecule has 16 heteroatoms. The molecule has 0 unspecified atom stereocenters. The Morgan fingerprint density at radius 3 is 2.34 bits per heavy atom. The van der Waals surface area contributed by atoms with Gasteiger partial charge in [-0.25, -0.2) is 4.39 Å². The van der Waals surface area contributed by atoms with Crippen LogP contribution in [0.3, 0.4) is 0 Å². The number of ether oxygens (including phenoxy) is 1. The Morgan fingerprint density at radius 1 is 0.940 bits per heavy atom. The number of nitrogens with zero attached hydrogens (tertiary/aromatic N) is 2. The minimum Gasteiger partial charge on any atom is -0.496 e. The second-order valence-electron chi connectivity index (χ2n) is 12.0. The summed E-state index contributed by atoms with van der Waals surface area (Å²) in [6.07, 6.45) is -8.35. The standard InChI is InChI=1S/C34H31F7N4O4S/c1-44(2)17-26(46)18-5-4-12-45(16-18)21-8-11-27(49-3)23(15-21)31(47)43-29-22-9-6-19(33(36,37)38)13-28(22)50-30(29)32(48)42-20-7-10-25(35)24(14-20)34(39,40)41/h6-11,13-15,18H,4-5,12,16-17H2,1-3H3,(H,42,48)(H,43,47)/t18-/m0/s1. The summed E-state index contributed by atoms with van der Waals surface area (Å²) in [7, 11) is 4.94. The summed E-state index contributed by atoms with van der Waals surface area (Å²) < 4.78 is 99.9. The normalized spacial score (nSPS) is 15.3. The fraction of sp³-hybridized carbons (Fsp3) is 0.324. The van der Waals surface area contributed by atoms with Crippen LogP contribution in [-0.4, -0.2) is 63.3 Å². The van der Waals surface area contributed by atoms with Crippen LogP contribution >= 0.6 is 11.3 Å². The molecule has 0 saturated carbocycles. The number of Topliss-reactive ketones (excluding diaryl/α,β-unsaturated/α-hetero) is 1. The molecule has 0 spiro atoms. The zero-order valence-electron chi connectivity index (χ0n) is 26.9. The molecule has 266 valence electrons. The van der Waals surface area contributed by atoms with Crippen molar-refractivity contribution in [2.75, 3.05) is 56.4 Å². The number of alkyl halides is 6. The van der Waals surface area contributed by atoms with Gasteiger partial charge < -0.3 is 25.2 Å². The lowest BCUT2D eigenvalue weighted by Gasteiger charge is -2.34. The van der Waals surface area contributed by atoms with Gasteiger partial charge in [-0.1, -0.05) is 6.07 Å². The summed E-state index contributed by atoms with van der Waals surface area (Å²) in [6, 6.07) is 9.25. The fourth-order valence-corrected chi connectivity index (χ4v) is 6.82. The quantitative estimate of drug-likeness (QED) is 0.171. The second-order valence-corrected chi connectivity index (χ2v) is 13.0. The van der Waals surface area contributed by atoms with Gasteiger partial charge in [0.15, 0.2) is 5.78 Å². The molecule has 5 rings (SSSR count). The molecule has 1 fully saturated rings. The topological polar surface area (TPSA) is 91.0 Å². The van der Waals surface area contributed by atoms with E-state index in [4.69, 9.17) is 4.74 Å². The number of hydrogen-bond acceptors (Lipinski definition) is 7. The molecule has 3 aromatic carbocycles. The lowest BCUT2D eigenvalue weighted by molar-refractivity contribution is -0.140. The first-order valence-corrected chi connectivity index (χ1v) is 16.0. The molecule has 4 aromatic rings. The minimum absolute atomic E-state index is 0.0118. The number of anilines is 3. The first kappa shape index (κ1) is 36.6. The average molecular weight is 725 g/mol. The molecule has 1 aliphatic rings. The Kier molecular flexibility index (Phi) is 10.4. The van der Waals surface area contributed by atoms with Crippen LogP contribution in [-0.2, 0) is 17.1 Å². The van der Waals surface area contributed by atoms with E-state index in [1.165, 1.54) is 7.11 Å². The van der Waals surface area contributed by atoms with Crippen molar-refractivity contribution in [3.8, 4) is 5.75 Å². The molecule has 50 heavy (non-hydrogen) atoms. The van der Waals surface area contributed by atoms with Gasteiger partial charge in [-0.05, 0) is 75.5 Å². The third-order valence-corrected chi connectivity index (χ3v) is 9.28. The highest BCUT2D eigenvalue weighted by molar-refractivity contribution is 7.21. The summed E-state index contributed by atoms with van der Waals surface area (Å²) in [5, 5.41) is 4.89. The Labute approximate surface area is 285 Å². The molecule has 0 radical (unpaired) electrons. The van der Waals surface area contributed by atoms with Crippen molar-refractivity contribution in [1.29, 1.82) is 0 Å². The summed E-state index contributed by atoms with van der Waals surface area (Å²) in [5.74, 6) is -3.42. The number of thiophene rings is 1. The van der Waals surface area contributed by atoms with Crippen LogP contribution < -0.4 is 20.3 Å². The van der Waals surface area contributed by atoms with Crippen molar-refractivity contribution in [1.82, 2.24) is 4.90 Å². The van der Waals surface area contributed by atoms with E-state index in [0.29, 0.717) is 48.7 Å².